The summed E-state index contributed by atoms with van der Waals surface area (Å²) in [5, 5.41) is 12.2. The molecule has 7 nitrogen and oxygen atoms in total. The lowest BCUT2D eigenvalue weighted by molar-refractivity contribution is -0.121. The van der Waals surface area contributed by atoms with Gasteiger partial charge in [0, 0.05) is 19.0 Å². The van der Waals surface area contributed by atoms with Crippen molar-refractivity contribution in [1.29, 1.82) is 0 Å². The van der Waals surface area contributed by atoms with Gasteiger partial charge >= 0.3 is 0 Å². The van der Waals surface area contributed by atoms with Crippen LogP contribution >= 0.6 is 11.3 Å². The van der Waals surface area contributed by atoms with Crippen LogP contribution in [0.3, 0.4) is 0 Å². The Morgan fingerprint density at radius 2 is 2.17 bits per heavy atom. The van der Waals surface area contributed by atoms with Crippen LogP contribution in [0.1, 0.15) is 35.3 Å². The van der Waals surface area contributed by atoms with Gasteiger partial charge in [0.1, 0.15) is 5.01 Å². The Hall–Kier alpha value is -2.22. The van der Waals surface area contributed by atoms with Crippen LogP contribution in [0.4, 0.5) is 5.13 Å². The van der Waals surface area contributed by atoms with E-state index < -0.39 is 0 Å². The van der Waals surface area contributed by atoms with Crippen molar-refractivity contribution in [3.63, 3.8) is 0 Å². The number of carbonyl (C=O) groups is 2. The first kappa shape index (κ1) is 15.7. The molecule has 2 amide bonds. The van der Waals surface area contributed by atoms with Crippen molar-refractivity contribution in [3.8, 4) is 0 Å². The van der Waals surface area contributed by atoms with E-state index in [4.69, 9.17) is 4.42 Å². The van der Waals surface area contributed by atoms with Crippen molar-refractivity contribution in [2.24, 2.45) is 5.92 Å². The number of likely N-dealkylation sites (tertiary alicyclic amines) is 1. The average Bonchev–Trinajstić information content (AvgIpc) is 3.26. The van der Waals surface area contributed by atoms with Crippen LogP contribution in [0.25, 0.3) is 0 Å². The van der Waals surface area contributed by atoms with Crippen LogP contribution in [0.5, 0.6) is 0 Å². The predicted molar refractivity (Wildman–Crippen MR) is 85.3 cm³/mol. The second-order valence-electron chi connectivity index (χ2n) is 5.39. The molecule has 0 bridgehead atoms. The number of amides is 2. The molecule has 122 valence electrons. The SMILES string of the molecule is CCc1nnc(NC(=O)C2CCN(C(=O)c3ccco3)CC2)s1. The lowest BCUT2D eigenvalue weighted by Gasteiger charge is -2.30. The highest BCUT2D eigenvalue weighted by molar-refractivity contribution is 7.15. The number of aryl methyl sites for hydroxylation is 1. The largest absolute Gasteiger partial charge is 0.459 e. The highest BCUT2D eigenvalue weighted by Gasteiger charge is 2.29. The lowest BCUT2D eigenvalue weighted by atomic mass is 9.96. The summed E-state index contributed by atoms with van der Waals surface area (Å²) in [5.74, 6) is 0.0675. The van der Waals surface area contributed by atoms with Gasteiger partial charge in [0.05, 0.1) is 6.26 Å². The van der Waals surface area contributed by atoms with Crippen LogP contribution in [-0.4, -0.2) is 40.0 Å². The molecule has 23 heavy (non-hydrogen) atoms. The molecule has 1 aliphatic rings. The zero-order chi connectivity index (χ0) is 16.2. The smallest absolute Gasteiger partial charge is 0.289 e. The van der Waals surface area contributed by atoms with E-state index in [1.807, 2.05) is 6.92 Å². The molecule has 2 aromatic rings. The van der Waals surface area contributed by atoms with Gasteiger partial charge < -0.3 is 14.6 Å². The standard InChI is InChI=1S/C15H18N4O3S/c1-2-12-17-18-15(23-12)16-13(20)10-5-7-19(8-6-10)14(21)11-4-3-9-22-11/h3-4,9-10H,2,5-8H2,1H3,(H,16,18,20). The first-order valence-electron chi connectivity index (χ1n) is 7.63. The molecular formula is C15H18N4O3S. The third kappa shape index (κ3) is 3.58. The summed E-state index contributed by atoms with van der Waals surface area (Å²) in [6.45, 7) is 3.10. The first-order chi connectivity index (χ1) is 11.2. The number of carbonyl (C=O) groups excluding carboxylic acids is 2. The summed E-state index contributed by atoms with van der Waals surface area (Å²) in [6, 6.07) is 3.35. The van der Waals surface area contributed by atoms with Gasteiger partial charge in [-0.25, -0.2) is 0 Å². The number of nitrogens with one attached hydrogen (secondary N) is 1. The van der Waals surface area contributed by atoms with Gasteiger partial charge in [-0.05, 0) is 31.4 Å². The topological polar surface area (TPSA) is 88.3 Å². The normalized spacial score (nSPS) is 15.6. The highest BCUT2D eigenvalue weighted by atomic mass is 32.1. The monoisotopic (exact) mass is 334 g/mol. The molecule has 0 aromatic carbocycles. The fourth-order valence-corrected chi connectivity index (χ4v) is 3.24. The Kier molecular flexibility index (Phi) is 4.71. The van der Waals surface area contributed by atoms with E-state index in [1.165, 1.54) is 17.6 Å². The minimum atomic E-state index is -0.120. The second kappa shape index (κ2) is 6.91. The molecule has 1 fully saturated rings. The number of nitrogens with zero attached hydrogens (tertiary/aromatic N) is 3. The second-order valence-corrected chi connectivity index (χ2v) is 6.45. The number of hydrogen-bond donors (Lipinski definition) is 1. The Morgan fingerprint density at radius 1 is 1.39 bits per heavy atom. The molecule has 0 saturated carbocycles. The number of rotatable bonds is 4. The molecule has 3 heterocycles. The minimum Gasteiger partial charge on any atom is -0.459 e. The molecule has 3 rings (SSSR count). The quantitative estimate of drug-likeness (QED) is 0.926. The van der Waals surface area contributed by atoms with E-state index in [9.17, 15) is 9.59 Å². The number of anilines is 1. The van der Waals surface area contributed by atoms with Gasteiger partial charge in [-0.3, -0.25) is 9.59 Å². The van der Waals surface area contributed by atoms with Crippen molar-refractivity contribution < 1.29 is 14.0 Å². The van der Waals surface area contributed by atoms with Crippen molar-refractivity contribution in [3.05, 3.63) is 29.2 Å². The summed E-state index contributed by atoms with van der Waals surface area (Å²) in [7, 11) is 0. The zero-order valence-electron chi connectivity index (χ0n) is 12.8. The fourth-order valence-electron chi connectivity index (χ4n) is 2.56. The van der Waals surface area contributed by atoms with Crippen molar-refractivity contribution in [2.75, 3.05) is 18.4 Å². The van der Waals surface area contributed by atoms with Crippen LogP contribution in [0.15, 0.2) is 22.8 Å². The molecule has 0 unspecified atom stereocenters. The fraction of sp³-hybridized carbons (Fsp3) is 0.467. The lowest BCUT2D eigenvalue weighted by Crippen LogP contribution is -2.41. The van der Waals surface area contributed by atoms with Crippen molar-refractivity contribution in [1.82, 2.24) is 15.1 Å². The van der Waals surface area contributed by atoms with Gasteiger partial charge in [-0.15, -0.1) is 10.2 Å². The summed E-state index contributed by atoms with van der Waals surface area (Å²) in [4.78, 5) is 26.2. The molecule has 0 atom stereocenters. The van der Waals surface area contributed by atoms with Gasteiger partial charge in [0.2, 0.25) is 11.0 Å². The van der Waals surface area contributed by atoms with E-state index in [2.05, 4.69) is 15.5 Å². The summed E-state index contributed by atoms with van der Waals surface area (Å²) in [6.07, 6.45) is 3.57. The molecule has 0 aliphatic carbocycles. The molecule has 0 radical (unpaired) electrons. The number of furan rings is 1. The van der Waals surface area contributed by atoms with Crippen LogP contribution in [0.2, 0.25) is 0 Å². The van der Waals surface area contributed by atoms with Crippen LogP contribution in [-0.2, 0) is 11.2 Å². The number of aromatic nitrogens is 2. The van der Waals surface area contributed by atoms with E-state index in [-0.39, 0.29) is 17.7 Å². The average molecular weight is 334 g/mol. The molecule has 8 heteroatoms. The first-order valence-corrected chi connectivity index (χ1v) is 8.45. The van der Waals surface area contributed by atoms with Gasteiger partial charge in [0.15, 0.2) is 5.76 Å². The summed E-state index contributed by atoms with van der Waals surface area (Å²) >= 11 is 1.40. The predicted octanol–water partition coefficient (Wildman–Crippen LogP) is 2.18. The Bertz CT molecular complexity index is 675. The Labute approximate surface area is 137 Å². The van der Waals surface area contributed by atoms with E-state index in [0.29, 0.717) is 36.8 Å². The van der Waals surface area contributed by atoms with Gasteiger partial charge in [0.25, 0.3) is 5.91 Å². The van der Waals surface area contributed by atoms with E-state index in [0.717, 1.165) is 11.4 Å². The summed E-state index contributed by atoms with van der Waals surface area (Å²) < 4.78 is 5.13. The maximum atomic E-state index is 12.3. The Morgan fingerprint density at radius 3 is 2.78 bits per heavy atom. The van der Waals surface area contributed by atoms with Crippen LogP contribution in [0, 0.1) is 5.92 Å². The molecule has 0 spiro atoms. The highest BCUT2D eigenvalue weighted by Crippen LogP contribution is 2.22. The van der Waals surface area contributed by atoms with Crippen molar-refractivity contribution >= 4 is 28.3 Å². The van der Waals surface area contributed by atoms with Gasteiger partial charge in [-0.2, -0.15) is 0 Å². The number of hydrogen-bond acceptors (Lipinski definition) is 6. The van der Waals surface area contributed by atoms with Gasteiger partial charge in [-0.1, -0.05) is 18.3 Å². The summed E-state index contributed by atoms with van der Waals surface area (Å²) in [5.41, 5.74) is 0. The van der Waals surface area contributed by atoms with E-state index in [1.54, 1.807) is 17.0 Å². The minimum absolute atomic E-state index is 0.0473. The molecule has 1 N–H and O–H groups in total. The maximum absolute atomic E-state index is 12.3. The molecule has 1 aliphatic heterocycles. The zero-order valence-corrected chi connectivity index (χ0v) is 13.6. The third-order valence-corrected chi connectivity index (χ3v) is 4.87. The van der Waals surface area contributed by atoms with Crippen LogP contribution < -0.4 is 5.32 Å². The molecule has 1 saturated heterocycles. The van der Waals surface area contributed by atoms with Crippen molar-refractivity contribution in [2.45, 2.75) is 26.2 Å². The maximum Gasteiger partial charge on any atom is 0.289 e. The molecular weight excluding hydrogens is 316 g/mol. The Balaban J connectivity index is 1.52. The third-order valence-electron chi connectivity index (χ3n) is 3.88. The number of piperidine rings is 1. The van der Waals surface area contributed by atoms with E-state index >= 15 is 0 Å². The molecule has 2 aromatic heterocycles.